The average Bonchev–Trinajstić information content (AvgIpc) is 2.67. The molecule has 2 N–H and O–H groups in total. The van der Waals surface area contributed by atoms with E-state index >= 15 is 0 Å². The van der Waals surface area contributed by atoms with E-state index in [2.05, 4.69) is 14.8 Å². The highest BCUT2D eigenvalue weighted by molar-refractivity contribution is 7.89. The predicted octanol–water partition coefficient (Wildman–Crippen LogP) is 2.84. The maximum absolute atomic E-state index is 14.1. The molecule has 0 heterocycles. The summed E-state index contributed by atoms with van der Waals surface area (Å²) in [5, 5.41) is 2.43. The van der Waals surface area contributed by atoms with Crippen molar-refractivity contribution >= 4 is 21.8 Å². The Labute approximate surface area is 157 Å². The highest BCUT2D eigenvalue weighted by Crippen LogP contribution is 2.27. The number of methoxy groups -OCH3 is 2. The van der Waals surface area contributed by atoms with Crippen LogP contribution in [0.2, 0.25) is 0 Å². The van der Waals surface area contributed by atoms with Crippen LogP contribution >= 0.6 is 0 Å². The second kappa shape index (κ2) is 8.47. The first-order valence-corrected chi connectivity index (χ1v) is 9.45. The van der Waals surface area contributed by atoms with E-state index in [-0.39, 0.29) is 17.0 Å². The van der Waals surface area contributed by atoms with Crippen LogP contribution in [0.25, 0.3) is 0 Å². The van der Waals surface area contributed by atoms with Gasteiger partial charge in [-0.15, -0.1) is 0 Å². The van der Waals surface area contributed by atoms with Gasteiger partial charge in [-0.05, 0) is 37.3 Å². The summed E-state index contributed by atoms with van der Waals surface area (Å²) in [6.45, 7) is 1.42. The molecule has 7 nitrogen and oxygen atoms in total. The summed E-state index contributed by atoms with van der Waals surface area (Å²) in [4.78, 5) is 11.2. The van der Waals surface area contributed by atoms with Gasteiger partial charge in [0.2, 0.25) is 10.0 Å². The number of halogens is 1. The number of sulfonamides is 1. The quantitative estimate of drug-likeness (QED) is 0.751. The summed E-state index contributed by atoms with van der Waals surface area (Å²) in [6.07, 6.45) is -0.663. The van der Waals surface area contributed by atoms with Crippen molar-refractivity contribution in [2.75, 3.05) is 26.1 Å². The van der Waals surface area contributed by atoms with Crippen LogP contribution in [0.1, 0.15) is 12.5 Å². The molecule has 2 aromatic rings. The van der Waals surface area contributed by atoms with Crippen LogP contribution in [0.4, 0.5) is 14.9 Å². The predicted molar refractivity (Wildman–Crippen MR) is 98.4 cm³/mol. The molecule has 0 bridgehead atoms. The molecule has 0 spiro atoms. The van der Waals surface area contributed by atoms with E-state index in [0.29, 0.717) is 5.69 Å². The number of hydrogen-bond donors (Lipinski definition) is 2. The van der Waals surface area contributed by atoms with Gasteiger partial charge in [0.1, 0.15) is 11.4 Å². The van der Waals surface area contributed by atoms with Gasteiger partial charge in [0.05, 0.1) is 12.0 Å². The number of carbonyl (C=O) groups excluding carboxylic acids is 1. The van der Waals surface area contributed by atoms with Crippen LogP contribution in [0.3, 0.4) is 0 Å². The molecule has 9 heteroatoms. The van der Waals surface area contributed by atoms with Crippen molar-refractivity contribution < 1.29 is 27.1 Å². The first kappa shape index (κ1) is 20.8. The summed E-state index contributed by atoms with van der Waals surface area (Å²) < 4.78 is 51.4. The highest BCUT2D eigenvalue weighted by Gasteiger charge is 2.31. The van der Waals surface area contributed by atoms with E-state index in [0.717, 1.165) is 0 Å². The lowest BCUT2D eigenvalue weighted by molar-refractivity contribution is 0.00410. The third kappa shape index (κ3) is 5.03. The Morgan fingerprint density at radius 1 is 1.11 bits per heavy atom. The molecule has 27 heavy (non-hydrogen) atoms. The van der Waals surface area contributed by atoms with E-state index in [1.165, 1.54) is 44.6 Å². The molecule has 0 saturated heterocycles. The van der Waals surface area contributed by atoms with Gasteiger partial charge in [0.15, 0.2) is 0 Å². The van der Waals surface area contributed by atoms with Crippen LogP contribution in [0.5, 0.6) is 0 Å². The van der Waals surface area contributed by atoms with Gasteiger partial charge in [-0.2, -0.15) is 0 Å². The van der Waals surface area contributed by atoms with Gasteiger partial charge in [-0.3, -0.25) is 5.32 Å². The monoisotopic (exact) mass is 396 g/mol. The molecule has 0 fully saturated rings. The molecule has 0 saturated carbocycles. The van der Waals surface area contributed by atoms with Gasteiger partial charge < -0.3 is 9.47 Å². The van der Waals surface area contributed by atoms with Crippen LogP contribution in [0.15, 0.2) is 53.4 Å². The smallest absolute Gasteiger partial charge is 0.411 e. The first-order chi connectivity index (χ1) is 12.7. The molecule has 0 aliphatic carbocycles. The molecule has 0 aliphatic heterocycles. The summed E-state index contributed by atoms with van der Waals surface area (Å²) >= 11 is 0. The van der Waals surface area contributed by atoms with Crippen LogP contribution < -0.4 is 10.0 Å². The van der Waals surface area contributed by atoms with Crippen molar-refractivity contribution in [3.8, 4) is 0 Å². The zero-order valence-corrected chi connectivity index (χ0v) is 16.0. The van der Waals surface area contributed by atoms with E-state index < -0.39 is 27.5 Å². The second-order valence-corrected chi connectivity index (χ2v) is 7.65. The molecular formula is C18H21FN2O5S. The number of hydrogen-bond acceptors (Lipinski definition) is 5. The molecule has 146 valence electrons. The minimum atomic E-state index is -3.87. The lowest BCUT2D eigenvalue weighted by Crippen LogP contribution is -2.40. The van der Waals surface area contributed by atoms with Crippen molar-refractivity contribution in [2.45, 2.75) is 17.4 Å². The van der Waals surface area contributed by atoms with Crippen molar-refractivity contribution in [2.24, 2.45) is 0 Å². The fourth-order valence-corrected chi connectivity index (χ4v) is 3.50. The molecule has 0 radical (unpaired) electrons. The minimum Gasteiger partial charge on any atom is -0.453 e. The number of nitrogens with one attached hydrogen (secondary N) is 2. The largest absolute Gasteiger partial charge is 0.453 e. The van der Waals surface area contributed by atoms with Crippen LogP contribution in [-0.2, 0) is 25.1 Å². The van der Waals surface area contributed by atoms with Crippen molar-refractivity contribution in [1.82, 2.24) is 4.72 Å². The Bertz CT molecular complexity index is 902. The number of carbonyl (C=O) groups is 1. The maximum Gasteiger partial charge on any atom is 0.411 e. The third-order valence-electron chi connectivity index (χ3n) is 4.09. The van der Waals surface area contributed by atoms with Crippen LogP contribution in [0, 0.1) is 5.82 Å². The van der Waals surface area contributed by atoms with Crippen molar-refractivity contribution in [3.63, 3.8) is 0 Å². The number of anilines is 1. The van der Waals surface area contributed by atoms with Gasteiger partial charge in [0.25, 0.3) is 0 Å². The van der Waals surface area contributed by atoms with E-state index in [1.54, 1.807) is 25.1 Å². The molecule has 2 aromatic carbocycles. The molecule has 0 unspecified atom stereocenters. The summed E-state index contributed by atoms with van der Waals surface area (Å²) in [5.41, 5.74) is -0.563. The molecule has 0 aliphatic rings. The number of rotatable bonds is 7. The highest BCUT2D eigenvalue weighted by atomic mass is 32.2. The fourth-order valence-electron chi connectivity index (χ4n) is 2.37. The molecular weight excluding hydrogens is 375 g/mol. The summed E-state index contributed by atoms with van der Waals surface area (Å²) in [5.74, 6) is -0.487. The number of benzene rings is 2. The van der Waals surface area contributed by atoms with E-state index in [9.17, 15) is 17.6 Å². The molecule has 2 rings (SSSR count). The third-order valence-corrected chi connectivity index (χ3v) is 5.51. The SMILES string of the molecule is COC(=O)Nc1ccc(S(=O)(=O)NC[C@@](C)(OC)c2ccccc2F)cc1. The first-order valence-electron chi connectivity index (χ1n) is 7.97. The van der Waals surface area contributed by atoms with Crippen molar-refractivity contribution in [1.29, 1.82) is 0 Å². The second-order valence-electron chi connectivity index (χ2n) is 5.88. The van der Waals surface area contributed by atoms with Gasteiger partial charge >= 0.3 is 6.09 Å². The summed E-state index contributed by atoms with van der Waals surface area (Å²) in [6, 6.07) is 11.5. The zero-order valence-electron chi connectivity index (χ0n) is 15.2. The van der Waals surface area contributed by atoms with E-state index in [1.807, 2.05) is 0 Å². The molecule has 0 aromatic heterocycles. The standard InChI is InChI=1S/C18H21FN2O5S/c1-18(26-3,15-6-4-5-7-16(15)19)12-20-27(23,24)14-10-8-13(9-11-14)21-17(22)25-2/h4-11,20H,12H2,1-3H3,(H,21,22)/t18-/m1/s1. The molecule has 1 amide bonds. The number of ether oxygens (including phenoxy) is 2. The Morgan fingerprint density at radius 3 is 2.30 bits per heavy atom. The van der Waals surface area contributed by atoms with Gasteiger partial charge in [0, 0.05) is 24.9 Å². The Balaban J connectivity index is 2.15. The van der Waals surface area contributed by atoms with E-state index in [4.69, 9.17) is 4.74 Å². The normalized spacial score (nSPS) is 13.6. The Kier molecular flexibility index (Phi) is 6.53. The average molecular weight is 396 g/mol. The minimum absolute atomic E-state index is 0.00935. The summed E-state index contributed by atoms with van der Waals surface area (Å²) in [7, 11) is -1.27. The van der Waals surface area contributed by atoms with Crippen LogP contribution in [-0.4, -0.2) is 35.3 Å². The fraction of sp³-hybridized carbons (Fsp3) is 0.278. The Morgan fingerprint density at radius 2 is 1.74 bits per heavy atom. The van der Waals surface area contributed by atoms with Gasteiger partial charge in [-0.1, -0.05) is 18.2 Å². The van der Waals surface area contributed by atoms with Crippen molar-refractivity contribution in [3.05, 3.63) is 59.9 Å². The number of amides is 1. The topological polar surface area (TPSA) is 93.7 Å². The lowest BCUT2D eigenvalue weighted by Gasteiger charge is -2.29. The lowest BCUT2D eigenvalue weighted by atomic mass is 9.95. The maximum atomic E-state index is 14.1. The zero-order chi connectivity index (χ0) is 20.1. The Hall–Kier alpha value is -2.49. The molecule has 1 atom stereocenters. The van der Waals surface area contributed by atoms with Gasteiger partial charge in [-0.25, -0.2) is 22.3 Å².